The molecule has 0 bridgehead atoms. The second-order valence-electron chi connectivity index (χ2n) is 7.52. The fraction of sp³-hybridized carbons (Fsp3) is 0.625. The Balaban J connectivity index is 1.50. The number of hydrogen-bond acceptors (Lipinski definition) is 6. The van der Waals surface area contributed by atoms with Crippen LogP contribution in [0.25, 0.3) is 0 Å². The summed E-state index contributed by atoms with van der Waals surface area (Å²) in [5.74, 6) is 0.597. The number of ketones is 1. The Morgan fingerprint density at radius 3 is 2.17 bits per heavy atom. The van der Waals surface area contributed by atoms with Gasteiger partial charge in [0.15, 0.2) is 5.78 Å². The zero-order valence-electron chi connectivity index (χ0n) is 14.0. The Morgan fingerprint density at radius 2 is 1.70 bits per heavy atom. The summed E-state index contributed by atoms with van der Waals surface area (Å²) in [7, 11) is 0. The van der Waals surface area contributed by atoms with Crippen LogP contribution in [0.4, 0.5) is 10.7 Å². The molecular weight excluding hydrogens is 296 g/mol. The number of aromatic nitrogens is 2. The highest BCUT2D eigenvalue weighted by Crippen LogP contribution is 2.41. The Labute approximate surface area is 135 Å². The van der Waals surface area contributed by atoms with E-state index in [1.165, 1.54) is 6.92 Å². The standard InChI is InChI=1S/C16H22N4O3/c1-11(21)12-5-17-13(18-6-12)19-7-16(8-19)9-20(10-16)14(22)23-15(2,3)4/h5-6H,7-10H2,1-4H3. The predicted octanol–water partition coefficient (Wildman–Crippen LogP) is 1.74. The molecule has 0 N–H and O–H groups in total. The summed E-state index contributed by atoms with van der Waals surface area (Å²) in [6.45, 7) is 10.2. The first-order chi connectivity index (χ1) is 10.7. The van der Waals surface area contributed by atoms with Gasteiger partial charge in [-0.3, -0.25) is 4.79 Å². The van der Waals surface area contributed by atoms with E-state index in [2.05, 4.69) is 14.9 Å². The summed E-state index contributed by atoms with van der Waals surface area (Å²) >= 11 is 0. The molecule has 23 heavy (non-hydrogen) atoms. The van der Waals surface area contributed by atoms with Crippen LogP contribution >= 0.6 is 0 Å². The van der Waals surface area contributed by atoms with Crippen molar-refractivity contribution in [2.24, 2.45) is 5.41 Å². The highest BCUT2D eigenvalue weighted by Gasteiger charge is 2.54. The number of rotatable bonds is 2. The van der Waals surface area contributed by atoms with Gasteiger partial charge in [-0.15, -0.1) is 0 Å². The van der Waals surface area contributed by atoms with Gasteiger partial charge >= 0.3 is 6.09 Å². The summed E-state index contributed by atoms with van der Waals surface area (Å²) < 4.78 is 5.37. The second-order valence-corrected chi connectivity index (χ2v) is 7.52. The molecule has 1 aromatic heterocycles. The lowest BCUT2D eigenvalue weighted by Gasteiger charge is -2.59. The molecule has 1 aromatic rings. The van der Waals surface area contributed by atoms with E-state index >= 15 is 0 Å². The number of nitrogens with zero attached hydrogens (tertiary/aromatic N) is 4. The average molecular weight is 318 g/mol. The van der Waals surface area contributed by atoms with Crippen LogP contribution in [0, 0.1) is 5.41 Å². The fourth-order valence-electron chi connectivity index (χ4n) is 2.99. The maximum absolute atomic E-state index is 12.0. The zero-order chi connectivity index (χ0) is 16.8. The lowest BCUT2D eigenvalue weighted by atomic mass is 9.73. The third-order valence-corrected chi connectivity index (χ3v) is 4.08. The molecule has 3 rings (SSSR count). The van der Waals surface area contributed by atoms with Gasteiger partial charge in [-0.05, 0) is 27.7 Å². The van der Waals surface area contributed by atoms with E-state index in [9.17, 15) is 9.59 Å². The van der Waals surface area contributed by atoms with Crippen LogP contribution in [0.5, 0.6) is 0 Å². The van der Waals surface area contributed by atoms with Crippen molar-refractivity contribution in [3.63, 3.8) is 0 Å². The maximum Gasteiger partial charge on any atom is 0.410 e. The molecule has 2 aliphatic heterocycles. The van der Waals surface area contributed by atoms with E-state index in [4.69, 9.17) is 4.74 Å². The number of ether oxygens (including phenoxy) is 1. The Bertz CT molecular complexity index is 622. The summed E-state index contributed by atoms with van der Waals surface area (Å²) in [5.41, 5.74) is 0.195. The molecule has 0 unspecified atom stereocenters. The molecule has 0 radical (unpaired) electrons. The Kier molecular flexibility index (Phi) is 3.54. The van der Waals surface area contributed by atoms with Crippen LogP contribution in [0.15, 0.2) is 12.4 Å². The number of Topliss-reactive ketones (excluding diaryl/α,β-unsaturated/α-hetero) is 1. The van der Waals surface area contributed by atoms with E-state index < -0.39 is 5.60 Å². The quantitative estimate of drug-likeness (QED) is 0.773. The summed E-state index contributed by atoms with van der Waals surface area (Å²) in [6, 6.07) is 0. The Morgan fingerprint density at radius 1 is 1.13 bits per heavy atom. The van der Waals surface area contributed by atoms with Gasteiger partial charge in [-0.2, -0.15) is 0 Å². The van der Waals surface area contributed by atoms with Crippen LogP contribution in [0.2, 0.25) is 0 Å². The van der Waals surface area contributed by atoms with Gasteiger partial charge in [-0.1, -0.05) is 0 Å². The van der Waals surface area contributed by atoms with E-state index in [1.54, 1.807) is 17.3 Å². The SMILES string of the molecule is CC(=O)c1cnc(N2CC3(CN(C(=O)OC(C)(C)C)C3)C2)nc1. The topological polar surface area (TPSA) is 75.6 Å². The van der Waals surface area contributed by atoms with Crippen LogP contribution in [0.3, 0.4) is 0 Å². The van der Waals surface area contributed by atoms with Crippen molar-refractivity contribution in [1.29, 1.82) is 0 Å². The van der Waals surface area contributed by atoms with Crippen molar-refractivity contribution < 1.29 is 14.3 Å². The van der Waals surface area contributed by atoms with E-state index in [0.29, 0.717) is 24.6 Å². The summed E-state index contributed by atoms with van der Waals surface area (Å²) in [4.78, 5) is 35.5. The fourth-order valence-corrected chi connectivity index (χ4v) is 2.99. The van der Waals surface area contributed by atoms with E-state index in [0.717, 1.165) is 13.1 Å². The number of hydrogen-bond donors (Lipinski definition) is 0. The minimum atomic E-state index is -0.461. The molecule has 7 nitrogen and oxygen atoms in total. The lowest BCUT2D eigenvalue weighted by molar-refractivity contribution is -0.0456. The smallest absolute Gasteiger partial charge is 0.410 e. The van der Waals surface area contributed by atoms with Gasteiger partial charge in [0.25, 0.3) is 0 Å². The van der Waals surface area contributed by atoms with Crippen LogP contribution < -0.4 is 4.90 Å². The molecule has 2 saturated heterocycles. The largest absolute Gasteiger partial charge is 0.444 e. The van der Waals surface area contributed by atoms with Crippen LogP contribution in [-0.2, 0) is 4.74 Å². The van der Waals surface area contributed by atoms with Gasteiger partial charge in [0.05, 0.1) is 5.56 Å². The number of carbonyl (C=O) groups excluding carboxylic acids is 2. The van der Waals surface area contributed by atoms with Crippen molar-refractivity contribution in [3.8, 4) is 0 Å². The van der Waals surface area contributed by atoms with E-state index in [1.807, 2.05) is 20.8 Å². The first kappa shape index (κ1) is 15.7. The molecule has 0 aromatic carbocycles. The molecule has 124 valence electrons. The van der Waals surface area contributed by atoms with Crippen LogP contribution in [-0.4, -0.2) is 58.5 Å². The normalized spacial score (nSPS) is 19.1. The maximum atomic E-state index is 12.0. The summed E-state index contributed by atoms with van der Waals surface area (Å²) in [5, 5.41) is 0. The lowest BCUT2D eigenvalue weighted by Crippen LogP contribution is -2.73. The van der Waals surface area contributed by atoms with Crippen molar-refractivity contribution >= 4 is 17.8 Å². The van der Waals surface area contributed by atoms with Crippen molar-refractivity contribution in [3.05, 3.63) is 18.0 Å². The van der Waals surface area contributed by atoms with Gasteiger partial charge in [0, 0.05) is 44.0 Å². The molecule has 0 saturated carbocycles. The molecule has 2 fully saturated rings. The Hall–Kier alpha value is -2.18. The van der Waals surface area contributed by atoms with Gasteiger partial charge in [0.1, 0.15) is 5.60 Å². The third kappa shape index (κ3) is 3.13. The molecule has 2 aliphatic rings. The zero-order valence-corrected chi connectivity index (χ0v) is 14.0. The number of likely N-dealkylation sites (tertiary alicyclic amines) is 1. The second kappa shape index (κ2) is 5.18. The van der Waals surface area contributed by atoms with Crippen molar-refractivity contribution in [2.45, 2.75) is 33.3 Å². The first-order valence-corrected chi connectivity index (χ1v) is 7.73. The van der Waals surface area contributed by atoms with Crippen LogP contribution in [0.1, 0.15) is 38.1 Å². The minimum absolute atomic E-state index is 0.0383. The highest BCUT2D eigenvalue weighted by molar-refractivity contribution is 5.93. The number of amides is 1. The third-order valence-electron chi connectivity index (χ3n) is 4.08. The van der Waals surface area contributed by atoms with Gasteiger partial charge < -0.3 is 14.5 Å². The van der Waals surface area contributed by atoms with Crippen molar-refractivity contribution in [2.75, 3.05) is 31.1 Å². The molecule has 3 heterocycles. The average Bonchev–Trinajstić information content (AvgIpc) is 2.33. The van der Waals surface area contributed by atoms with Gasteiger partial charge in [-0.25, -0.2) is 14.8 Å². The molecule has 1 amide bonds. The highest BCUT2D eigenvalue weighted by atomic mass is 16.6. The van der Waals surface area contributed by atoms with Crippen molar-refractivity contribution in [1.82, 2.24) is 14.9 Å². The number of carbonyl (C=O) groups is 2. The molecular formula is C16H22N4O3. The first-order valence-electron chi connectivity index (χ1n) is 7.73. The number of anilines is 1. The predicted molar refractivity (Wildman–Crippen MR) is 84.5 cm³/mol. The van der Waals surface area contributed by atoms with E-state index in [-0.39, 0.29) is 17.3 Å². The molecule has 0 atom stereocenters. The minimum Gasteiger partial charge on any atom is -0.444 e. The molecule has 1 spiro atoms. The molecule has 0 aliphatic carbocycles. The van der Waals surface area contributed by atoms with Gasteiger partial charge in [0.2, 0.25) is 5.95 Å². The summed E-state index contributed by atoms with van der Waals surface area (Å²) in [6.07, 6.45) is 2.87. The monoisotopic (exact) mass is 318 g/mol. The molecule has 7 heteroatoms.